The highest BCUT2D eigenvalue weighted by Crippen LogP contribution is 2.34. The third-order valence-corrected chi connectivity index (χ3v) is 5.83. The lowest BCUT2D eigenvalue weighted by Gasteiger charge is -2.48. The molecule has 1 aromatic rings. The monoisotopic (exact) mass is 334 g/mol. The van der Waals surface area contributed by atoms with Gasteiger partial charge in [0.15, 0.2) is 0 Å². The van der Waals surface area contributed by atoms with Crippen LogP contribution in [0, 0.1) is 20.8 Å². The predicted octanol–water partition coefficient (Wildman–Crippen LogP) is 2.97. The number of carbonyl (C=O) groups excluding carboxylic acids is 1. The van der Waals surface area contributed by atoms with Crippen molar-refractivity contribution in [2.24, 2.45) is 0 Å². The molecule has 2 aliphatic rings. The highest BCUT2D eigenvalue weighted by Gasteiger charge is 2.39. The first-order valence-electron chi connectivity index (χ1n) is 9.21. The normalized spacial score (nSPS) is 21.6. The maximum absolute atomic E-state index is 12.8. The quantitative estimate of drug-likeness (QED) is 0.920. The maximum Gasteiger partial charge on any atom is 0.255 e. The average molecular weight is 334 g/mol. The summed E-state index contributed by atoms with van der Waals surface area (Å²) in [7, 11) is 0. The fraction of sp³-hybridized carbons (Fsp3) is 0.737. The summed E-state index contributed by atoms with van der Waals surface area (Å²) in [6.45, 7) is 10.00. The highest BCUT2D eigenvalue weighted by molar-refractivity contribution is 5.96. The number of aryl methyl sites for hydroxylation is 2. The number of rotatable bonds is 4. The predicted molar refractivity (Wildman–Crippen MR) is 93.5 cm³/mol. The van der Waals surface area contributed by atoms with Crippen molar-refractivity contribution in [2.75, 3.05) is 32.8 Å². The summed E-state index contributed by atoms with van der Waals surface area (Å²) >= 11 is 0. The van der Waals surface area contributed by atoms with Gasteiger partial charge in [0.05, 0.1) is 18.8 Å². The minimum absolute atomic E-state index is 0.0000536. The summed E-state index contributed by atoms with van der Waals surface area (Å²) in [5, 5.41) is 3.22. The van der Waals surface area contributed by atoms with Crippen LogP contribution in [0.4, 0.5) is 0 Å². The highest BCUT2D eigenvalue weighted by atomic mass is 16.5. The summed E-state index contributed by atoms with van der Waals surface area (Å²) < 4.78 is 11.1. The molecule has 134 valence electrons. The van der Waals surface area contributed by atoms with Gasteiger partial charge in [-0.3, -0.25) is 9.69 Å². The van der Waals surface area contributed by atoms with Gasteiger partial charge in [-0.05, 0) is 33.6 Å². The molecule has 0 atom stereocenters. The molecule has 0 unspecified atom stereocenters. The number of furan rings is 1. The Balaban J connectivity index is 1.72. The van der Waals surface area contributed by atoms with Gasteiger partial charge in [-0.1, -0.05) is 19.3 Å². The zero-order valence-corrected chi connectivity index (χ0v) is 15.2. The molecule has 1 saturated heterocycles. The molecule has 0 spiro atoms. The molecule has 1 N–H and O–H groups in total. The second kappa shape index (κ2) is 7.28. The van der Waals surface area contributed by atoms with E-state index in [0.717, 1.165) is 57.0 Å². The largest absolute Gasteiger partial charge is 0.466 e. The van der Waals surface area contributed by atoms with E-state index in [2.05, 4.69) is 10.2 Å². The SMILES string of the molecule is Cc1oc(C)c(C(=O)NCC2(N3CCOCC3)CCCCC2)c1C. The second-order valence-electron chi connectivity index (χ2n) is 7.28. The van der Waals surface area contributed by atoms with Crippen molar-refractivity contribution < 1.29 is 13.9 Å². The van der Waals surface area contributed by atoms with Gasteiger partial charge >= 0.3 is 0 Å². The number of amides is 1. The average Bonchev–Trinajstić information content (AvgIpc) is 2.87. The summed E-state index contributed by atoms with van der Waals surface area (Å²) in [5.74, 6) is 1.55. The van der Waals surface area contributed by atoms with Crippen molar-refractivity contribution in [2.45, 2.75) is 58.4 Å². The molecule has 0 radical (unpaired) electrons. The molecule has 2 heterocycles. The van der Waals surface area contributed by atoms with Gasteiger partial charge in [0.2, 0.25) is 0 Å². The lowest BCUT2D eigenvalue weighted by atomic mass is 9.79. The number of nitrogens with one attached hydrogen (secondary N) is 1. The molecule has 1 saturated carbocycles. The molecular formula is C19H30N2O3. The van der Waals surface area contributed by atoms with Crippen molar-refractivity contribution in [3.05, 3.63) is 22.6 Å². The number of hydrogen-bond acceptors (Lipinski definition) is 4. The fourth-order valence-electron chi connectivity index (χ4n) is 4.31. The molecule has 1 amide bonds. The zero-order valence-electron chi connectivity index (χ0n) is 15.2. The van der Waals surface area contributed by atoms with Crippen molar-refractivity contribution in [1.82, 2.24) is 10.2 Å². The van der Waals surface area contributed by atoms with Crippen molar-refractivity contribution in [1.29, 1.82) is 0 Å². The topological polar surface area (TPSA) is 54.7 Å². The van der Waals surface area contributed by atoms with E-state index in [-0.39, 0.29) is 11.4 Å². The first-order valence-corrected chi connectivity index (χ1v) is 9.21. The Labute approximate surface area is 144 Å². The zero-order chi connectivity index (χ0) is 17.2. The van der Waals surface area contributed by atoms with Gasteiger partial charge in [-0.2, -0.15) is 0 Å². The van der Waals surface area contributed by atoms with Crippen LogP contribution in [0.1, 0.15) is 59.5 Å². The Morgan fingerprint density at radius 3 is 2.33 bits per heavy atom. The Morgan fingerprint density at radius 2 is 1.75 bits per heavy atom. The Hall–Kier alpha value is -1.33. The minimum atomic E-state index is 0.0000536. The van der Waals surface area contributed by atoms with Gasteiger partial charge in [0, 0.05) is 30.7 Å². The van der Waals surface area contributed by atoms with Crippen LogP contribution < -0.4 is 5.32 Å². The minimum Gasteiger partial charge on any atom is -0.466 e. The first-order chi connectivity index (χ1) is 11.5. The molecule has 24 heavy (non-hydrogen) atoms. The van der Waals surface area contributed by atoms with E-state index >= 15 is 0 Å². The molecule has 0 bridgehead atoms. The Morgan fingerprint density at radius 1 is 1.08 bits per heavy atom. The van der Waals surface area contributed by atoms with Crippen LogP contribution in [0.25, 0.3) is 0 Å². The molecule has 1 aliphatic heterocycles. The van der Waals surface area contributed by atoms with Gasteiger partial charge in [-0.25, -0.2) is 0 Å². The number of ether oxygens (including phenoxy) is 1. The van der Waals surface area contributed by atoms with E-state index in [1.54, 1.807) is 0 Å². The van der Waals surface area contributed by atoms with E-state index in [1.165, 1.54) is 19.3 Å². The molecule has 1 aromatic heterocycles. The van der Waals surface area contributed by atoms with Gasteiger partial charge in [-0.15, -0.1) is 0 Å². The van der Waals surface area contributed by atoms with E-state index in [0.29, 0.717) is 11.3 Å². The second-order valence-corrected chi connectivity index (χ2v) is 7.28. The Bertz CT molecular complexity index is 582. The van der Waals surface area contributed by atoms with Crippen LogP contribution in [0.15, 0.2) is 4.42 Å². The van der Waals surface area contributed by atoms with Crippen LogP contribution in [0.2, 0.25) is 0 Å². The maximum atomic E-state index is 12.8. The summed E-state index contributed by atoms with van der Waals surface area (Å²) in [5.41, 5.74) is 1.76. The number of hydrogen-bond donors (Lipinski definition) is 1. The lowest BCUT2D eigenvalue weighted by molar-refractivity contribution is -0.0361. The molecular weight excluding hydrogens is 304 g/mol. The molecule has 1 aliphatic carbocycles. The van der Waals surface area contributed by atoms with Crippen LogP contribution in [0.3, 0.4) is 0 Å². The summed E-state index contributed by atoms with van der Waals surface area (Å²) in [4.78, 5) is 15.3. The number of morpholine rings is 1. The smallest absolute Gasteiger partial charge is 0.255 e. The van der Waals surface area contributed by atoms with E-state index in [1.807, 2.05) is 20.8 Å². The van der Waals surface area contributed by atoms with Gasteiger partial charge in [0.1, 0.15) is 11.5 Å². The van der Waals surface area contributed by atoms with E-state index in [9.17, 15) is 4.79 Å². The standard InChI is InChI=1S/C19H30N2O3/c1-14-15(2)24-16(3)17(14)18(22)20-13-19(7-5-4-6-8-19)21-9-11-23-12-10-21/h4-13H2,1-3H3,(H,20,22). The molecule has 3 rings (SSSR count). The van der Waals surface area contributed by atoms with Crippen LogP contribution in [0.5, 0.6) is 0 Å². The number of carbonyl (C=O) groups is 1. The van der Waals surface area contributed by atoms with Gasteiger partial charge in [0.25, 0.3) is 5.91 Å². The van der Waals surface area contributed by atoms with Crippen LogP contribution in [-0.4, -0.2) is 49.2 Å². The third-order valence-electron chi connectivity index (χ3n) is 5.83. The van der Waals surface area contributed by atoms with E-state index in [4.69, 9.17) is 9.15 Å². The fourth-order valence-corrected chi connectivity index (χ4v) is 4.31. The van der Waals surface area contributed by atoms with E-state index < -0.39 is 0 Å². The van der Waals surface area contributed by atoms with Gasteiger partial charge < -0.3 is 14.5 Å². The molecule has 0 aromatic carbocycles. The first kappa shape index (κ1) is 17.5. The summed E-state index contributed by atoms with van der Waals surface area (Å²) in [6, 6.07) is 0. The molecule has 5 nitrogen and oxygen atoms in total. The molecule has 5 heteroatoms. The van der Waals surface area contributed by atoms with Crippen molar-refractivity contribution in [3.63, 3.8) is 0 Å². The van der Waals surface area contributed by atoms with Crippen molar-refractivity contribution >= 4 is 5.91 Å². The van der Waals surface area contributed by atoms with Crippen molar-refractivity contribution in [3.8, 4) is 0 Å². The third kappa shape index (κ3) is 3.38. The lowest BCUT2D eigenvalue weighted by Crippen LogP contribution is -2.59. The van der Waals surface area contributed by atoms with Crippen LogP contribution in [-0.2, 0) is 4.74 Å². The van der Waals surface area contributed by atoms with Crippen LogP contribution >= 0.6 is 0 Å². The Kier molecular flexibility index (Phi) is 5.30. The summed E-state index contributed by atoms with van der Waals surface area (Å²) in [6.07, 6.45) is 6.12. The molecule has 2 fully saturated rings. The number of nitrogens with zero attached hydrogens (tertiary/aromatic N) is 1.